The molecule has 6 aromatic carbocycles. The van der Waals surface area contributed by atoms with Gasteiger partial charge in [0.2, 0.25) is 11.6 Å². The van der Waals surface area contributed by atoms with Gasteiger partial charge >= 0.3 is 0 Å². The average molecular weight is 580 g/mol. The van der Waals surface area contributed by atoms with E-state index >= 15 is 0 Å². The molecule has 0 unspecified atom stereocenters. The summed E-state index contributed by atoms with van der Waals surface area (Å²) in [5.74, 6) is 1.78. The van der Waals surface area contributed by atoms with Gasteiger partial charge < -0.3 is 0 Å². The lowest BCUT2D eigenvalue weighted by Crippen LogP contribution is -2.74. The molecule has 206 valence electrons. The number of hydrogen-bond acceptors (Lipinski definition) is 2. The zero-order chi connectivity index (χ0) is 28.8. The smallest absolute Gasteiger partial charge is 0.223 e. The van der Waals surface area contributed by atoms with Crippen LogP contribution in [-0.4, -0.2) is 31.2 Å². The highest BCUT2D eigenvalue weighted by molar-refractivity contribution is 7.20. The maximum absolute atomic E-state index is 5.18. The molecule has 44 heavy (non-hydrogen) atoms. The second kappa shape index (κ2) is 8.66. The van der Waals surface area contributed by atoms with Crippen molar-refractivity contribution >= 4 is 79.0 Å². The third kappa shape index (κ3) is 2.92. The summed E-state index contributed by atoms with van der Waals surface area (Å²) in [7, 11) is -2.79. The minimum atomic E-state index is -2.79. The molecule has 0 amide bonds. The summed E-state index contributed by atoms with van der Waals surface area (Å²) in [6.07, 6.45) is 0. The second-order valence-electron chi connectivity index (χ2n) is 11.5. The van der Waals surface area contributed by atoms with Crippen molar-refractivity contribution in [2.24, 2.45) is 0 Å². The molecule has 4 aromatic heterocycles. The summed E-state index contributed by atoms with van der Waals surface area (Å²) in [5, 5.41) is 5.38. The molecule has 0 aliphatic carbocycles. The highest BCUT2D eigenvalue weighted by Crippen LogP contribution is 2.34. The largest absolute Gasteiger partial charge is 0.276 e. The first-order valence-electron chi connectivity index (χ1n) is 14.9. The lowest BCUT2D eigenvalue weighted by Gasteiger charge is -2.34. The van der Waals surface area contributed by atoms with Gasteiger partial charge in [-0.1, -0.05) is 115 Å². The van der Waals surface area contributed by atoms with Crippen LogP contribution in [0.2, 0.25) is 0 Å². The minimum absolute atomic E-state index is 0.889. The van der Waals surface area contributed by atoms with Crippen molar-refractivity contribution in [3.63, 3.8) is 0 Å². The lowest BCUT2D eigenvalue weighted by atomic mass is 10.2. The zero-order valence-corrected chi connectivity index (χ0v) is 24.7. The van der Waals surface area contributed by atoms with E-state index in [9.17, 15) is 0 Å². The van der Waals surface area contributed by atoms with Crippen molar-refractivity contribution < 1.29 is 0 Å². The SMILES string of the molecule is c1ccc([Si](c2ccccc2)(c2ccccc2)c2cc3c4c(c2)n2c5ccccc5nc2n4c2nc4ccccc4n32)cc1. The second-order valence-corrected chi connectivity index (χ2v) is 15.3. The Morgan fingerprint density at radius 2 is 0.750 bits per heavy atom. The Balaban J connectivity index is 1.48. The standard InChI is InChI=1S/C38H25N5Si/c1-4-14-26(15-5-1)44(27-16-6-2-7-17-27,28-18-8-3-9-19-28)29-24-34-36-35(25-29)42-33-23-13-11-21-31(33)40-38(42)43(36)37-39-30-20-10-12-22-32(30)41(34)37/h1-25H. The Morgan fingerprint density at radius 3 is 1.18 bits per heavy atom. The predicted molar refractivity (Wildman–Crippen MR) is 182 cm³/mol. The number of nitrogens with zero attached hydrogens (tertiary/aromatic N) is 5. The van der Waals surface area contributed by atoms with Gasteiger partial charge in [0.1, 0.15) is 5.52 Å². The first kappa shape index (κ1) is 23.8. The van der Waals surface area contributed by atoms with Gasteiger partial charge in [0, 0.05) is 0 Å². The first-order valence-corrected chi connectivity index (χ1v) is 16.9. The molecule has 10 aromatic rings. The fourth-order valence-electron chi connectivity index (χ4n) is 7.55. The molecule has 0 aliphatic rings. The van der Waals surface area contributed by atoms with Crippen LogP contribution >= 0.6 is 0 Å². The fraction of sp³-hybridized carbons (Fsp3) is 0. The van der Waals surface area contributed by atoms with Gasteiger partial charge in [-0.2, -0.15) is 0 Å². The predicted octanol–water partition coefficient (Wildman–Crippen LogP) is 5.51. The van der Waals surface area contributed by atoms with Gasteiger partial charge in [-0.15, -0.1) is 0 Å². The van der Waals surface area contributed by atoms with Crippen molar-refractivity contribution in [2.75, 3.05) is 0 Å². The van der Waals surface area contributed by atoms with Crippen LogP contribution in [0.5, 0.6) is 0 Å². The molecular weight excluding hydrogens is 555 g/mol. The summed E-state index contributed by atoms with van der Waals surface area (Å²) in [5.41, 5.74) is 7.61. The summed E-state index contributed by atoms with van der Waals surface area (Å²) in [6.45, 7) is 0. The van der Waals surface area contributed by atoms with Crippen LogP contribution in [0.4, 0.5) is 0 Å². The molecule has 0 radical (unpaired) electrons. The van der Waals surface area contributed by atoms with Crippen molar-refractivity contribution in [3.05, 3.63) is 152 Å². The monoisotopic (exact) mass is 579 g/mol. The number of hydrogen-bond donors (Lipinski definition) is 0. The third-order valence-corrected chi connectivity index (χ3v) is 14.1. The Morgan fingerprint density at radius 1 is 0.364 bits per heavy atom. The summed E-state index contributed by atoms with van der Waals surface area (Å²) < 4.78 is 6.92. The van der Waals surface area contributed by atoms with E-state index in [1.165, 1.54) is 20.7 Å². The molecule has 0 fully saturated rings. The molecule has 0 atom stereocenters. The molecule has 0 saturated carbocycles. The molecule has 0 aliphatic heterocycles. The Labute approximate surface area is 253 Å². The van der Waals surface area contributed by atoms with Crippen LogP contribution in [0.3, 0.4) is 0 Å². The number of imidazole rings is 4. The van der Waals surface area contributed by atoms with Crippen LogP contribution in [-0.2, 0) is 0 Å². The first-order chi connectivity index (χ1) is 21.8. The Kier molecular flexibility index (Phi) is 4.68. The number of para-hydroxylation sites is 4. The number of rotatable bonds is 4. The van der Waals surface area contributed by atoms with E-state index in [4.69, 9.17) is 9.97 Å². The molecule has 0 N–H and O–H groups in total. The molecule has 5 nitrogen and oxygen atoms in total. The number of benzene rings is 6. The molecule has 0 bridgehead atoms. The van der Waals surface area contributed by atoms with E-state index in [0.717, 1.165) is 50.2 Å². The molecule has 6 heteroatoms. The number of fused-ring (bicyclic) bond motifs is 10. The van der Waals surface area contributed by atoms with Crippen LogP contribution < -0.4 is 20.7 Å². The van der Waals surface area contributed by atoms with Crippen molar-refractivity contribution in [1.29, 1.82) is 0 Å². The van der Waals surface area contributed by atoms with Gasteiger partial charge in [0.25, 0.3) is 0 Å². The Hall–Kier alpha value is -5.72. The van der Waals surface area contributed by atoms with Crippen molar-refractivity contribution in [2.45, 2.75) is 0 Å². The molecule has 0 saturated heterocycles. The van der Waals surface area contributed by atoms with Gasteiger partial charge in [0.05, 0.1) is 33.1 Å². The zero-order valence-electron chi connectivity index (χ0n) is 23.7. The topological polar surface area (TPSA) is 39.0 Å². The van der Waals surface area contributed by atoms with Crippen LogP contribution in [0.25, 0.3) is 50.2 Å². The quantitative estimate of drug-likeness (QED) is 0.204. The van der Waals surface area contributed by atoms with Crippen LogP contribution in [0.1, 0.15) is 0 Å². The van der Waals surface area contributed by atoms with Gasteiger partial charge in [0.15, 0.2) is 8.07 Å². The summed E-state index contributed by atoms with van der Waals surface area (Å²) in [6, 6.07) is 55.1. The lowest BCUT2D eigenvalue weighted by molar-refractivity contribution is 1.15. The van der Waals surface area contributed by atoms with Crippen molar-refractivity contribution in [3.8, 4) is 0 Å². The molecule has 10 rings (SSSR count). The van der Waals surface area contributed by atoms with E-state index in [0.29, 0.717) is 0 Å². The van der Waals surface area contributed by atoms with E-state index in [1.807, 2.05) is 0 Å². The maximum atomic E-state index is 5.18. The minimum Gasteiger partial charge on any atom is -0.276 e. The van der Waals surface area contributed by atoms with Crippen LogP contribution in [0, 0.1) is 0 Å². The van der Waals surface area contributed by atoms with E-state index in [2.05, 4.69) is 165 Å². The maximum Gasteiger partial charge on any atom is 0.223 e. The molecule has 4 heterocycles. The van der Waals surface area contributed by atoms with Crippen molar-refractivity contribution in [1.82, 2.24) is 23.2 Å². The molecular formula is C38H25N5Si. The average Bonchev–Trinajstić information content (AvgIpc) is 3.82. The van der Waals surface area contributed by atoms with E-state index < -0.39 is 8.07 Å². The Bertz CT molecular complexity index is 2440. The van der Waals surface area contributed by atoms with Gasteiger partial charge in [-0.25, -0.2) is 14.4 Å². The third-order valence-electron chi connectivity index (χ3n) is 9.31. The highest BCUT2D eigenvalue weighted by Gasteiger charge is 2.42. The van der Waals surface area contributed by atoms with Crippen LogP contribution in [0.15, 0.2) is 152 Å². The fourth-order valence-corrected chi connectivity index (χ4v) is 12.3. The van der Waals surface area contributed by atoms with Gasteiger partial charge in [-0.3, -0.25) is 8.80 Å². The number of aromatic nitrogens is 5. The summed E-state index contributed by atoms with van der Waals surface area (Å²) >= 11 is 0. The highest BCUT2D eigenvalue weighted by atomic mass is 28.3. The van der Waals surface area contributed by atoms with Gasteiger partial charge in [-0.05, 0) is 57.1 Å². The normalized spacial score (nSPS) is 12.5. The summed E-state index contributed by atoms with van der Waals surface area (Å²) in [4.78, 5) is 10.4. The molecule has 0 spiro atoms. The van der Waals surface area contributed by atoms with E-state index in [-0.39, 0.29) is 0 Å². The van der Waals surface area contributed by atoms with E-state index in [1.54, 1.807) is 0 Å².